The summed E-state index contributed by atoms with van der Waals surface area (Å²) in [6.07, 6.45) is 2.27. The molecule has 1 heterocycles. The van der Waals surface area contributed by atoms with Gasteiger partial charge in [0.25, 0.3) is 5.91 Å². The van der Waals surface area contributed by atoms with Gasteiger partial charge in [-0.1, -0.05) is 17.7 Å². The van der Waals surface area contributed by atoms with Gasteiger partial charge in [0.2, 0.25) is 0 Å². The molecule has 2 aromatic rings. The molecule has 3 N–H and O–H groups in total. The highest BCUT2D eigenvalue weighted by atomic mass is 16.5. The summed E-state index contributed by atoms with van der Waals surface area (Å²) < 4.78 is 10.5. The lowest BCUT2D eigenvalue weighted by atomic mass is 10.1. The zero-order valence-electron chi connectivity index (χ0n) is 16.2. The number of benzene rings is 1. The number of carbonyl (C=O) groups is 1. The summed E-state index contributed by atoms with van der Waals surface area (Å²) in [6.45, 7) is 6.50. The molecular weight excluding hydrogens is 344 g/mol. The molecule has 0 saturated heterocycles. The van der Waals surface area contributed by atoms with Gasteiger partial charge in [0.1, 0.15) is 5.75 Å². The molecule has 0 saturated carbocycles. The van der Waals surface area contributed by atoms with Gasteiger partial charge in [-0.2, -0.15) is 0 Å². The Labute approximate surface area is 160 Å². The van der Waals surface area contributed by atoms with Gasteiger partial charge in [-0.15, -0.1) is 0 Å². The van der Waals surface area contributed by atoms with Crippen LogP contribution >= 0.6 is 0 Å². The fraction of sp³-hybridized carbons (Fsp3) is 0.400. The summed E-state index contributed by atoms with van der Waals surface area (Å²) in [5, 5.41) is 9.20. The molecule has 0 bridgehead atoms. The molecule has 146 valence electrons. The van der Waals surface area contributed by atoms with Crippen molar-refractivity contribution in [1.82, 2.24) is 16.0 Å². The third-order valence-corrected chi connectivity index (χ3v) is 3.88. The van der Waals surface area contributed by atoms with Crippen LogP contribution in [-0.4, -0.2) is 45.2 Å². The summed E-state index contributed by atoms with van der Waals surface area (Å²) in [6, 6.07) is 9.47. The standard InChI is InChI=1S/C20H28N4O3/c1-4-21-20(24-12-11-22-19(25)18-6-5-13-27-18)23-10-9-16-14-15(2)7-8-17(16)26-3/h5-8,13-14H,4,9-12H2,1-3H3,(H,22,25)(H2,21,23,24). The molecule has 0 spiro atoms. The van der Waals surface area contributed by atoms with Crippen LogP contribution in [0.25, 0.3) is 0 Å². The number of rotatable bonds is 9. The second-order valence-corrected chi connectivity index (χ2v) is 5.99. The van der Waals surface area contributed by atoms with Crippen molar-refractivity contribution in [1.29, 1.82) is 0 Å². The maximum absolute atomic E-state index is 11.8. The lowest BCUT2D eigenvalue weighted by Crippen LogP contribution is -2.41. The molecule has 0 aliphatic carbocycles. The Hall–Kier alpha value is -2.96. The molecule has 7 nitrogen and oxygen atoms in total. The molecular formula is C20H28N4O3. The maximum atomic E-state index is 11.8. The average Bonchev–Trinajstić information content (AvgIpc) is 3.20. The van der Waals surface area contributed by atoms with Crippen LogP contribution in [0, 0.1) is 6.92 Å². The number of furan rings is 1. The van der Waals surface area contributed by atoms with Crippen LogP contribution in [0.3, 0.4) is 0 Å². The van der Waals surface area contributed by atoms with Crippen molar-refractivity contribution in [2.45, 2.75) is 20.3 Å². The lowest BCUT2D eigenvalue weighted by Gasteiger charge is -2.12. The zero-order valence-corrected chi connectivity index (χ0v) is 16.2. The number of nitrogens with one attached hydrogen (secondary N) is 3. The van der Waals surface area contributed by atoms with Crippen molar-refractivity contribution in [3.05, 3.63) is 53.5 Å². The number of aliphatic imine (C=N–C) groups is 1. The van der Waals surface area contributed by atoms with E-state index in [1.165, 1.54) is 11.8 Å². The van der Waals surface area contributed by atoms with E-state index in [4.69, 9.17) is 9.15 Å². The maximum Gasteiger partial charge on any atom is 0.287 e. The highest BCUT2D eigenvalue weighted by Gasteiger charge is 2.07. The quantitative estimate of drug-likeness (QED) is 0.357. The van der Waals surface area contributed by atoms with Gasteiger partial charge in [-0.25, -0.2) is 0 Å². The molecule has 0 aliphatic rings. The molecule has 1 aromatic carbocycles. The predicted octanol–water partition coefficient (Wildman–Crippen LogP) is 2.12. The zero-order chi connectivity index (χ0) is 19.5. The van der Waals surface area contributed by atoms with Crippen molar-refractivity contribution in [2.75, 3.05) is 33.3 Å². The molecule has 0 atom stereocenters. The number of hydrogen-bond donors (Lipinski definition) is 3. The highest BCUT2D eigenvalue weighted by Crippen LogP contribution is 2.20. The monoisotopic (exact) mass is 372 g/mol. The van der Waals surface area contributed by atoms with Gasteiger partial charge in [-0.3, -0.25) is 9.79 Å². The van der Waals surface area contributed by atoms with Crippen LogP contribution in [0.4, 0.5) is 0 Å². The van der Waals surface area contributed by atoms with E-state index in [0.717, 1.165) is 30.2 Å². The number of nitrogens with zero attached hydrogens (tertiary/aromatic N) is 1. The molecule has 0 radical (unpaired) electrons. The Morgan fingerprint density at radius 1 is 1.19 bits per heavy atom. The van der Waals surface area contributed by atoms with Crippen LogP contribution in [0.2, 0.25) is 0 Å². The molecule has 1 aromatic heterocycles. The second kappa shape index (κ2) is 10.9. The normalized spacial score (nSPS) is 11.1. The first kappa shape index (κ1) is 20.4. The Balaban J connectivity index is 1.80. The van der Waals surface area contributed by atoms with E-state index in [-0.39, 0.29) is 5.91 Å². The van der Waals surface area contributed by atoms with E-state index >= 15 is 0 Å². The van der Waals surface area contributed by atoms with Crippen molar-refractivity contribution in [3.8, 4) is 5.75 Å². The van der Waals surface area contributed by atoms with E-state index in [0.29, 0.717) is 25.4 Å². The van der Waals surface area contributed by atoms with Crippen LogP contribution in [-0.2, 0) is 6.42 Å². The molecule has 2 rings (SSSR count). The fourth-order valence-electron chi connectivity index (χ4n) is 2.58. The van der Waals surface area contributed by atoms with Gasteiger partial charge in [0, 0.05) is 26.2 Å². The minimum absolute atomic E-state index is 0.227. The third kappa shape index (κ3) is 6.69. The van der Waals surface area contributed by atoms with Crippen molar-refractivity contribution < 1.29 is 13.9 Å². The smallest absolute Gasteiger partial charge is 0.287 e. The number of aryl methyl sites for hydroxylation is 1. The van der Waals surface area contributed by atoms with Gasteiger partial charge in [0.15, 0.2) is 11.7 Å². The van der Waals surface area contributed by atoms with Gasteiger partial charge >= 0.3 is 0 Å². The number of carbonyl (C=O) groups excluding carboxylic acids is 1. The van der Waals surface area contributed by atoms with Gasteiger partial charge in [-0.05, 0) is 44.0 Å². The second-order valence-electron chi connectivity index (χ2n) is 5.99. The number of guanidine groups is 1. The number of hydrogen-bond acceptors (Lipinski definition) is 4. The summed E-state index contributed by atoms with van der Waals surface area (Å²) >= 11 is 0. The molecule has 1 amide bonds. The minimum Gasteiger partial charge on any atom is -0.496 e. The third-order valence-electron chi connectivity index (χ3n) is 3.88. The van der Waals surface area contributed by atoms with E-state index in [2.05, 4.69) is 33.9 Å². The first-order valence-corrected chi connectivity index (χ1v) is 9.11. The Kier molecular flexibility index (Phi) is 8.22. The van der Waals surface area contributed by atoms with Crippen molar-refractivity contribution in [3.63, 3.8) is 0 Å². The molecule has 0 fully saturated rings. The van der Waals surface area contributed by atoms with Crippen LogP contribution in [0.1, 0.15) is 28.6 Å². The van der Waals surface area contributed by atoms with E-state index in [1.54, 1.807) is 19.2 Å². The van der Waals surface area contributed by atoms with E-state index in [1.807, 2.05) is 19.1 Å². The SMILES string of the molecule is CCNC(=NCCc1cc(C)ccc1OC)NCCNC(=O)c1ccco1. The lowest BCUT2D eigenvalue weighted by molar-refractivity contribution is 0.0926. The number of methoxy groups -OCH3 is 1. The van der Waals surface area contributed by atoms with E-state index in [9.17, 15) is 4.79 Å². The Morgan fingerprint density at radius 2 is 2.00 bits per heavy atom. The average molecular weight is 372 g/mol. The summed E-state index contributed by atoms with van der Waals surface area (Å²) in [4.78, 5) is 16.4. The summed E-state index contributed by atoms with van der Waals surface area (Å²) in [5.41, 5.74) is 2.34. The number of amides is 1. The summed E-state index contributed by atoms with van der Waals surface area (Å²) in [7, 11) is 1.68. The number of ether oxygens (including phenoxy) is 1. The van der Waals surface area contributed by atoms with Crippen LogP contribution in [0.5, 0.6) is 5.75 Å². The minimum atomic E-state index is -0.227. The molecule has 0 aliphatic heterocycles. The van der Waals surface area contributed by atoms with Gasteiger partial charge in [0.05, 0.1) is 13.4 Å². The Morgan fingerprint density at radius 3 is 2.70 bits per heavy atom. The molecule has 27 heavy (non-hydrogen) atoms. The van der Waals surface area contributed by atoms with Crippen molar-refractivity contribution >= 4 is 11.9 Å². The molecule has 0 unspecified atom stereocenters. The topological polar surface area (TPSA) is 87.9 Å². The highest BCUT2D eigenvalue weighted by molar-refractivity contribution is 5.91. The summed E-state index contributed by atoms with van der Waals surface area (Å²) in [5.74, 6) is 1.68. The largest absolute Gasteiger partial charge is 0.496 e. The fourth-order valence-corrected chi connectivity index (χ4v) is 2.58. The Bertz CT molecular complexity index is 742. The van der Waals surface area contributed by atoms with Crippen molar-refractivity contribution in [2.24, 2.45) is 4.99 Å². The first-order valence-electron chi connectivity index (χ1n) is 9.11. The molecule has 7 heteroatoms. The first-order chi connectivity index (χ1) is 13.1. The van der Waals surface area contributed by atoms with Crippen LogP contribution < -0.4 is 20.7 Å². The van der Waals surface area contributed by atoms with Gasteiger partial charge < -0.3 is 25.1 Å². The van der Waals surface area contributed by atoms with Crippen LogP contribution in [0.15, 0.2) is 46.0 Å². The predicted molar refractivity (Wildman–Crippen MR) is 106 cm³/mol. The van der Waals surface area contributed by atoms with E-state index < -0.39 is 0 Å².